The number of nitrogens with two attached hydrogens (primary N) is 1. The summed E-state index contributed by atoms with van der Waals surface area (Å²) in [5.41, 5.74) is 5.48. The molecule has 1 rings (SSSR count). The second kappa shape index (κ2) is 7.78. The minimum Gasteiger partial charge on any atom is -0.330 e. The standard InChI is InChI=1S/C12H27N3O2S.ClH/c1-12(2,10-13)11-14(3)18(16,17)15-8-6-4-5-7-9-15;/h4-11,13H2,1-3H3;1H. The average molecular weight is 314 g/mol. The van der Waals surface area contributed by atoms with E-state index in [4.69, 9.17) is 5.73 Å². The van der Waals surface area contributed by atoms with Gasteiger partial charge in [-0.1, -0.05) is 26.7 Å². The summed E-state index contributed by atoms with van der Waals surface area (Å²) in [6.45, 7) is 6.21. The molecule has 0 atom stereocenters. The molecule has 0 amide bonds. The fourth-order valence-electron chi connectivity index (χ4n) is 2.22. The topological polar surface area (TPSA) is 66.6 Å². The fourth-order valence-corrected chi connectivity index (χ4v) is 3.84. The average Bonchev–Trinajstić information content (AvgIpc) is 2.57. The molecule has 0 spiro atoms. The Hall–Kier alpha value is 0.120. The molecule has 1 heterocycles. The molecule has 0 unspecified atom stereocenters. The van der Waals surface area contributed by atoms with Crippen molar-refractivity contribution < 1.29 is 8.42 Å². The highest BCUT2D eigenvalue weighted by Crippen LogP contribution is 2.20. The van der Waals surface area contributed by atoms with Crippen molar-refractivity contribution in [2.75, 3.05) is 33.2 Å². The molecule has 0 aliphatic carbocycles. The summed E-state index contributed by atoms with van der Waals surface area (Å²) in [6.07, 6.45) is 4.19. The van der Waals surface area contributed by atoms with E-state index in [-0.39, 0.29) is 17.8 Å². The molecule has 1 aliphatic heterocycles. The van der Waals surface area contributed by atoms with Gasteiger partial charge in [-0.25, -0.2) is 0 Å². The number of hydrogen-bond donors (Lipinski definition) is 1. The van der Waals surface area contributed by atoms with Gasteiger partial charge in [0.15, 0.2) is 0 Å². The first-order valence-corrected chi connectivity index (χ1v) is 8.11. The molecule has 0 bridgehead atoms. The zero-order valence-corrected chi connectivity index (χ0v) is 13.9. The van der Waals surface area contributed by atoms with Gasteiger partial charge < -0.3 is 5.73 Å². The van der Waals surface area contributed by atoms with Crippen molar-refractivity contribution in [1.82, 2.24) is 8.61 Å². The van der Waals surface area contributed by atoms with Crippen molar-refractivity contribution in [1.29, 1.82) is 0 Å². The number of nitrogens with zero attached hydrogens (tertiary/aromatic N) is 2. The Morgan fingerprint density at radius 3 is 2.05 bits per heavy atom. The first kappa shape index (κ1) is 19.1. The molecule has 0 saturated carbocycles. The molecule has 19 heavy (non-hydrogen) atoms. The highest BCUT2D eigenvalue weighted by molar-refractivity contribution is 7.86. The van der Waals surface area contributed by atoms with Gasteiger partial charge in [0.25, 0.3) is 10.2 Å². The third-order valence-electron chi connectivity index (χ3n) is 3.49. The van der Waals surface area contributed by atoms with Gasteiger partial charge in [0.05, 0.1) is 0 Å². The molecule has 1 aliphatic rings. The molecule has 0 radical (unpaired) electrons. The summed E-state index contributed by atoms with van der Waals surface area (Å²) >= 11 is 0. The maximum absolute atomic E-state index is 12.4. The Labute approximate surface area is 124 Å². The van der Waals surface area contributed by atoms with Crippen molar-refractivity contribution in [3.05, 3.63) is 0 Å². The first-order valence-electron chi connectivity index (χ1n) is 6.71. The van der Waals surface area contributed by atoms with E-state index in [2.05, 4.69) is 0 Å². The Kier molecular flexibility index (Phi) is 7.83. The second-order valence-corrected chi connectivity index (χ2v) is 7.98. The molecule has 2 N–H and O–H groups in total. The van der Waals surface area contributed by atoms with E-state index in [1.165, 1.54) is 4.31 Å². The Morgan fingerprint density at radius 1 is 1.16 bits per heavy atom. The molecule has 1 saturated heterocycles. The predicted molar refractivity (Wildman–Crippen MR) is 81.7 cm³/mol. The van der Waals surface area contributed by atoms with E-state index in [9.17, 15) is 8.42 Å². The SMILES string of the molecule is CN(CC(C)(C)CN)S(=O)(=O)N1CCCCCC1.Cl. The van der Waals surface area contributed by atoms with Crippen LogP contribution in [0.3, 0.4) is 0 Å². The van der Waals surface area contributed by atoms with Crippen LogP contribution in [0.5, 0.6) is 0 Å². The third kappa shape index (κ3) is 5.55. The predicted octanol–water partition coefficient (Wildman–Crippen LogP) is 1.45. The van der Waals surface area contributed by atoms with E-state index in [1.807, 2.05) is 13.8 Å². The van der Waals surface area contributed by atoms with Gasteiger partial charge in [0.1, 0.15) is 0 Å². The van der Waals surface area contributed by atoms with Gasteiger partial charge in [-0.3, -0.25) is 0 Å². The van der Waals surface area contributed by atoms with Gasteiger partial charge in [-0.05, 0) is 24.8 Å². The third-order valence-corrected chi connectivity index (χ3v) is 5.42. The van der Waals surface area contributed by atoms with Crippen LogP contribution in [-0.2, 0) is 10.2 Å². The van der Waals surface area contributed by atoms with E-state index in [1.54, 1.807) is 11.4 Å². The van der Waals surface area contributed by atoms with Crippen LogP contribution in [-0.4, -0.2) is 50.3 Å². The molecule has 0 aromatic rings. The molecular formula is C12H28ClN3O2S. The molecular weight excluding hydrogens is 286 g/mol. The van der Waals surface area contributed by atoms with Crippen LogP contribution in [0.1, 0.15) is 39.5 Å². The van der Waals surface area contributed by atoms with Crippen molar-refractivity contribution in [2.24, 2.45) is 11.1 Å². The van der Waals surface area contributed by atoms with Crippen molar-refractivity contribution in [3.63, 3.8) is 0 Å². The van der Waals surface area contributed by atoms with Crippen LogP contribution in [0, 0.1) is 5.41 Å². The maximum atomic E-state index is 12.4. The summed E-state index contributed by atoms with van der Waals surface area (Å²) in [5, 5.41) is 0. The highest BCUT2D eigenvalue weighted by atomic mass is 35.5. The van der Waals surface area contributed by atoms with Gasteiger partial charge in [0, 0.05) is 26.7 Å². The monoisotopic (exact) mass is 313 g/mol. The van der Waals surface area contributed by atoms with Crippen LogP contribution in [0.25, 0.3) is 0 Å². The molecule has 0 aromatic heterocycles. The summed E-state index contributed by atoms with van der Waals surface area (Å²) in [5.74, 6) is 0. The van der Waals surface area contributed by atoms with Crippen LogP contribution in [0.2, 0.25) is 0 Å². The number of halogens is 1. The Morgan fingerprint density at radius 2 is 1.63 bits per heavy atom. The molecule has 1 fully saturated rings. The molecule has 0 aromatic carbocycles. The summed E-state index contributed by atoms with van der Waals surface area (Å²) in [4.78, 5) is 0. The van der Waals surface area contributed by atoms with E-state index >= 15 is 0 Å². The lowest BCUT2D eigenvalue weighted by Gasteiger charge is -2.32. The summed E-state index contributed by atoms with van der Waals surface area (Å²) in [7, 11) is -1.67. The summed E-state index contributed by atoms with van der Waals surface area (Å²) in [6, 6.07) is 0. The van der Waals surface area contributed by atoms with Gasteiger partial charge >= 0.3 is 0 Å². The van der Waals surface area contributed by atoms with Crippen LogP contribution in [0.4, 0.5) is 0 Å². The molecule has 5 nitrogen and oxygen atoms in total. The van der Waals surface area contributed by atoms with Crippen molar-refractivity contribution in [2.45, 2.75) is 39.5 Å². The van der Waals surface area contributed by atoms with Gasteiger partial charge in [0.2, 0.25) is 0 Å². The molecule has 116 valence electrons. The Bertz CT molecular complexity index is 352. The normalized spacial score (nSPS) is 19.0. The second-order valence-electron chi connectivity index (χ2n) is 5.95. The number of hydrogen-bond acceptors (Lipinski definition) is 3. The summed E-state index contributed by atoms with van der Waals surface area (Å²) < 4.78 is 28.0. The zero-order chi connectivity index (χ0) is 13.8. The first-order chi connectivity index (χ1) is 8.29. The Balaban J connectivity index is 0.00000324. The fraction of sp³-hybridized carbons (Fsp3) is 1.00. The molecule has 7 heteroatoms. The van der Waals surface area contributed by atoms with Crippen LogP contribution < -0.4 is 5.73 Å². The zero-order valence-electron chi connectivity index (χ0n) is 12.3. The van der Waals surface area contributed by atoms with E-state index < -0.39 is 10.2 Å². The van der Waals surface area contributed by atoms with Crippen LogP contribution in [0.15, 0.2) is 0 Å². The highest BCUT2D eigenvalue weighted by Gasteiger charge is 2.30. The van der Waals surface area contributed by atoms with Gasteiger partial charge in [-0.15, -0.1) is 12.4 Å². The quantitative estimate of drug-likeness (QED) is 0.835. The van der Waals surface area contributed by atoms with E-state index in [0.717, 1.165) is 25.7 Å². The van der Waals surface area contributed by atoms with Crippen molar-refractivity contribution >= 4 is 22.6 Å². The van der Waals surface area contributed by atoms with E-state index in [0.29, 0.717) is 26.2 Å². The lowest BCUT2D eigenvalue weighted by atomic mass is 9.94. The lowest BCUT2D eigenvalue weighted by Crippen LogP contribution is -2.47. The van der Waals surface area contributed by atoms with Crippen molar-refractivity contribution in [3.8, 4) is 0 Å². The largest absolute Gasteiger partial charge is 0.330 e. The lowest BCUT2D eigenvalue weighted by molar-refractivity contribution is 0.273. The van der Waals surface area contributed by atoms with Crippen LogP contribution >= 0.6 is 12.4 Å². The minimum absolute atomic E-state index is 0. The number of rotatable bonds is 5. The maximum Gasteiger partial charge on any atom is 0.281 e. The smallest absolute Gasteiger partial charge is 0.281 e. The minimum atomic E-state index is -3.32. The van der Waals surface area contributed by atoms with Gasteiger partial charge in [-0.2, -0.15) is 17.0 Å².